The molecule has 0 radical (unpaired) electrons. The zero-order chi connectivity index (χ0) is 9.42. The van der Waals surface area contributed by atoms with E-state index in [1.807, 2.05) is 0 Å². The third-order valence-corrected chi connectivity index (χ3v) is 2.01. The average Bonchev–Trinajstić information content (AvgIpc) is 2.42. The molecule has 0 aliphatic rings. The zero-order valence-corrected chi connectivity index (χ0v) is 7.77. The lowest BCUT2D eigenvalue weighted by Crippen LogP contribution is -1.89. The third-order valence-electron chi connectivity index (χ3n) is 1.83. The topological polar surface area (TPSA) is 46.0 Å². The van der Waals surface area contributed by atoms with E-state index in [0.717, 1.165) is 5.52 Å². The van der Waals surface area contributed by atoms with Gasteiger partial charge in [0.2, 0.25) is 0 Å². The molecule has 0 aliphatic heterocycles. The number of H-pyrrole nitrogens is 1. The van der Waals surface area contributed by atoms with Gasteiger partial charge in [0, 0.05) is 5.56 Å². The van der Waals surface area contributed by atoms with Crippen LogP contribution in [0.1, 0.15) is 17.3 Å². The van der Waals surface area contributed by atoms with Crippen LogP contribution in [0.25, 0.3) is 11.1 Å². The van der Waals surface area contributed by atoms with E-state index in [-0.39, 0.29) is 5.78 Å². The number of hydrogen-bond donors (Lipinski definition) is 1. The molecule has 0 aliphatic carbocycles. The Balaban J connectivity index is 2.74. The lowest BCUT2D eigenvalue weighted by molar-refractivity contribution is 0.101. The van der Waals surface area contributed by atoms with Gasteiger partial charge in [0.25, 0.3) is 4.84 Å². The summed E-state index contributed by atoms with van der Waals surface area (Å²) in [7, 11) is 0. The van der Waals surface area contributed by atoms with Crippen LogP contribution in [0, 0.1) is 4.84 Å². The average molecular weight is 193 g/mol. The van der Waals surface area contributed by atoms with Crippen molar-refractivity contribution in [3.8, 4) is 0 Å². The summed E-state index contributed by atoms with van der Waals surface area (Å²) in [4.78, 5) is 14.2. The number of hydrogen-bond acceptors (Lipinski definition) is 3. The van der Waals surface area contributed by atoms with Crippen LogP contribution in [-0.2, 0) is 0 Å². The Morgan fingerprint density at radius 2 is 2.31 bits per heavy atom. The lowest BCUT2D eigenvalue weighted by atomic mass is 10.1. The van der Waals surface area contributed by atoms with Gasteiger partial charge in [0.15, 0.2) is 11.4 Å². The van der Waals surface area contributed by atoms with Gasteiger partial charge >= 0.3 is 0 Å². The molecule has 0 spiro atoms. The summed E-state index contributed by atoms with van der Waals surface area (Å²) < 4.78 is 5.17. The SMILES string of the molecule is CC(=O)c1ccc2[nH]c(=S)oc2c1. The van der Waals surface area contributed by atoms with E-state index in [9.17, 15) is 4.79 Å². The molecule has 4 heteroatoms. The minimum atomic E-state index is 0.0178. The Labute approximate surface area is 79.4 Å². The second-order valence-corrected chi connectivity index (χ2v) is 3.15. The first-order valence-electron chi connectivity index (χ1n) is 3.80. The summed E-state index contributed by atoms with van der Waals surface area (Å²) in [5.41, 5.74) is 2.07. The van der Waals surface area contributed by atoms with Gasteiger partial charge in [-0.05, 0) is 37.3 Å². The quantitative estimate of drug-likeness (QED) is 0.559. The van der Waals surface area contributed by atoms with Crippen LogP contribution in [0.2, 0.25) is 0 Å². The highest BCUT2D eigenvalue weighted by atomic mass is 32.1. The molecule has 2 rings (SSSR count). The smallest absolute Gasteiger partial charge is 0.266 e. The van der Waals surface area contributed by atoms with Crippen LogP contribution in [0.5, 0.6) is 0 Å². The monoisotopic (exact) mass is 193 g/mol. The van der Waals surface area contributed by atoms with Crippen molar-refractivity contribution in [1.29, 1.82) is 0 Å². The van der Waals surface area contributed by atoms with Gasteiger partial charge in [0.1, 0.15) is 0 Å². The first-order valence-corrected chi connectivity index (χ1v) is 4.21. The number of aromatic amines is 1. The molecule has 1 aromatic carbocycles. The summed E-state index contributed by atoms with van der Waals surface area (Å²) in [5.74, 6) is 0.0178. The fraction of sp³-hybridized carbons (Fsp3) is 0.111. The Morgan fingerprint density at radius 1 is 1.54 bits per heavy atom. The lowest BCUT2D eigenvalue weighted by Gasteiger charge is -1.92. The largest absolute Gasteiger partial charge is 0.429 e. The number of aromatic nitrogens is 1. The molecular weight excluding hydrogens is 186 g/mol. The van der Waals surface area contributed by atoms with Crippen LogP contribution < -0.4 is 0 Å². The van der Waals surface area contributed by atoms with Crippen LogP contribution in [0.3, 0.4) is 0 Å². The van der Waals surface area contributed by atoms with Gasteiger partial charge in [-0.1, -0.05) is 0 Å². The molecule has 0 saturated heterocycles. The molecule has 1 heterocycles. The number of carbonyl (C=O) groups is 1. The number of fused-ring (bicyclic) bond motifs is 1. The van der Waals surface area contributed by atoms with E-state index in [0.29, 0.717) is 16.0 Å². The molecule has 66 valence electrons. The normalized spacial score (nSPS) is 10.5. The fourth-order valence-electron chi connectivity index (χ4n) is 1.16. The maximum Gasteiger partial charge on any atom is 0.266 e. The molecule has 3 nitrogen and oxygen atoms in total. The maximum atomic E-state index is 11.0. The Hall–Kier alpha value is -1.42. The van der Waals surface area contributed by atoms with E-state index in [2.05, 4.69) is 4.98 Å². The van der Waals surface area contributed by atoms with E-state index in [1.165, 1.54) is 6.92 Å². The van der Waals surface area contributed by atoms with Crippen LogP contribution >= 0.6 is 12.2 Å². The second-order valence-electron chi connectivity index (χ2n) is 2.78. The molecule has 0 saturated carbocycles. The van der Waals surface area contributed by atoms with Gasteiger partial charge in [-0.15, -0.1) is 0 Å². The summed E-state index contributed by atoms with van der Waals surface area (Å²) in [6.45, 7) is 1.52. The van der Waals surface area contributed by atoms with Gasteiger partial charge in [-0.3, -0.25) is 4.79 Å². The second kappa shape index (κ2) is 2.81. The number of benzene rings is 1. The molecule has 2 aromatic rings. The summed E-state index contributed by atoms with van der Waals surface area (Å²) >= 11 is 4.81. The number of rotatable bonds is 1. The Bertz CT molecular complexity index is 524. The van der Waals surface area contributed by atoms with Crippen molar-refractivity contribution < 1.29 is 9.21 Å². The van der Waals surface area contributed by atoms with Crippen molar-refractivity contribution in [3.05, 3.63) is 28.6 Å². The minimum Gasteiger partial charge on any atom is -0.429 e. The molecule has 0 amide bonds. The number of oxazole rings is 1. The number of ketones is 1. The van der Waals surface area contributed by atoms with Gasteiger partial charge < -0.3 is 9.40 Å². The van der Waals surface area contributed by atoms with E-state index in [4.69, 9.17) is 16.6 Å². The highest BCUT2D eigenvalue weighted by Gasteiger charge is 2.03. The van der Waals surface area contributed by atoms with Crippen molar-refractivity contribution >= 4 is 29.1 Å². The van der Waals surface area contributed by atoms with Crippen molar-refractivity contribution in [1.82, 2.24) is 4.98 Å². The van der Waals surface area contributed by atoms with Crippen LogP contribution in [0.15, 0.2) is 22.6 Å². The Morgan fingerprint density at radius 3 is 3.00 bits per heavy atom. The first-order chi connectivity index (χ1) is 6.16. The van der Waals surface area contributed by atoms with Gasteiger partial charge in [0.05, 0.1) is 5.52 Å². The molecule has 1 aromatic heterocycles. The fourth-order valence-corrected chi connectivity index (χ4v) is 1.36. The maximum absolute atomic E-state index is 11.0. The first kappa shape index (κ1) is 8.19. The summed E-state index contributed by atoms with van der Waals surface area (Å²) in [5, 5.41) is 0. The van der Waals surface area contributed by atoms with Crippen LogP contribution in [-0.4, -0.2) is 10.8 Å². The zero-order valence-electron chi connectivity index (χ0n) is 6.96. The number of nitrogens with one attached hydrogen (secondary N) is 1. The Kier molecular flexibility index (Phi) is 1.77. The molecule has 0 atom stereocenters. The molecule has 0 fully saturated rings. The molecule has 0 bridgehead atoms. The molecule has 13 heavy (non-hydrogen) atoms. The predicted molar refractivity (Wildman–Crippen MR) is 51.4 cm³/mol. The van der Waals surface area contributed by atoms with Crippen molar-refractivity contribution in [2.45, 2.75) is 6.92 Å². The summed E-state index contributed by atoms with van der Waals surface area (Å²) in [6.07, 6.45) is 0. The van der Waals surface area contributed by atoms with Crippen LogP contribution in [0.4, 0.5) is 0 Å². The molecule has 0 unspecified atom stereocenters. The minimum absolute atomic E-state index is 0.0178. The van der Waals surface area contributed by atoms with Crippen molar-refractivity contribution in [2.24, 2.45) is 0 Å². The van der Waals surface area contributed by atoms with E-state index >= 15 is 0 Å². The van der Waals surface area contributed by atoms with Gasteiger partial charge in [-0.2, -0.15) is 0 Å². The molecule has 1 N–H and O–H groups in total. The molecular formula is C9H7NO2S. The van der Waals surface area contributed by atoms with Crippen molar-refractivity contribution in [3.63, 3.8) is 0 Å². The predicted octanol–water partition coefficient (Wildman–Crippen LogP) is 2.69. The summed E-state index contributed by atoms with van der Waals surface area (Å²) in [6, 6.07) is 5.21. The van der Waals surface area contributed by atoms with E-state index < -0.39 is 0 Å². The number of Topliss-reactive ketones (excluding diaryl/α,β-unsaturated/α-hetero) is 1. The van der Waals surface area contributed by atoms with E-state index in [1.54, 1.807) is 18.2 Å². The van der Waals surface area contributed by atoms with Crippen molar-refractivity contribution in [2.75, 3.05) is 0 Å². The highest BCUT2D eigenvalue weighted by molar-refractivity contribution is 7.71. The third kappa shape index (κ3) is 1.40. The highest BCUT2D eigenvalue weighted by Crippen LogP contribution is 2.15. The van der Waals surface area contributed by atoms with Gasteiger partial charge in [-0.25, -0.2) is 0 Å². The number of carbonyl (C=O) groups excluding carboxylic acids is 1. The standard InChI is InChI=1S/C9H7NO2S/c1-5(11)6-2-3-7-8(4-6)12-9(13)10-7/h2-4H,1H3,(H,10,13).